The van der Waals surface area contributed by atoms with Crippen LogP contribution in [0.25, 0.3) is 0 Å². The van der Waals surface area contributed by atoms with Gasteiger partial charge in [-0.15, -0.1) is 17.9 Å². The molecule has 58 valence electrons. The van der Waals surface area contributed by atoms with E-state index in [4.69, 9.17) is 0 Å². The van der Waals surface area contributed by atoms with Crippen LogP contribution < -0.4 is 0 Å². The van der Waals surface area contributed by atoms with Crippen molar-refractivity contribution in [1.29, 1.82) is 0 Å². The van der Waals surface area contributed by atoms with Gasteiger partial charge in [0.2, 0.25) is 0 Å². The van der Waals surface area contributed by atoms with Gasteiger partial charge >= 0.3 is 0 Å². The fourth-order valence-electron chi connectivity index (χ4n) is 1.35. The molecule has 0 N–H and O–H groups in total. The van der Waals surface area contributed by atoms with Gasteiger partial charge in [0.05, 0.1) is 5.01 Å². The summed E-state index contributed by atoms with van der Waals surface area (Å²) in [6.45, 7) is 3.84. The van der Waals surface area contributed by atoms with Crippen LogP contribution in [-0.2, 0) is 0 Å². The number of rotatable bonds is 3. The standard InChI is InChI=1S/C9H11NS/c1-2-8(7-3-4-7)9-10-5-6-11-9/h2,5-8H,1,3-4H2. The highest BCUT2D eigenvalue weighted by Gasteiger charge is 2.31. The Morgan fingerprint density at radius 1 is 1.73 bits per heavy atom. The van der Waals surface area contributed by atoms with Crippen molar-refractivity contribution >= 4 is 11.3 Å². The summed E-state index contributed by atoms with van der Waals surface area (Å²) < 4.78 is 0. The first-order chi connectivity index (χ1) is 5.42. The molecule has 0 bridgehead atoms. The summed E-state index contributed by atoms with van der Waals surface area (Å²) in [4.78, 5) is 4.30. The molecule has 1 heterocycles. The maximum Gasteiger partial charge on any atom is 0.0996 e. The molecule has 1 fully saturated rings. The minimum atomic E-state index is 0.537. The number of hydrogen-bond acceptors (Lipinski definition) is 2. The maximum atomic E-state index is 4.30. The van der Waals surface area contributed by atoms with Gasteiger partial charge in [-0.1, -0.05) is 6.08 Å². The van der Waals surface area contributed by atoms with E-state index in [1.165, 1.54) is 17.8 Å². The third-order valence-electron chi connectivity index (χ3n) is 2.12. The van der Waals surface area contributed by atoms with Crippen LogP contribution in [-0.4, -0.2) is 4.98 Å². The van der Waals surface area contributed by atoms with Gasteiger partial charge in [0.25, 0.3) is 0 Å². The Morgan fingerprint density at radius 2 is 2.55 bits per heavy atom. The van der Waals surface area contributed by atoms with Crippen molar-refractivity contribution in [1.82, 2.24) is 4.98 Å². The molecule has 1 saturated carbocycles. The van der Waals surface area contributed by atoms with Crippen LogP contribution in [0.3, 0.4) is 0 Å². The summed E-state index contributed by atoms with van der Waals surface area (Å²) in [7, 11) is 0. The summed E-state index contributed by atoms with van der Waals surface area (Å²) in [5.74, 6) is 1.38. The Bertz CT molecular complexity index is 236. The van der Waals surface area contributed by atoms with E-state index in [0.29, 0.717) is 5.92 Å². The molecule has 1 aromatic heterocycles. The number of hydrogen-bond donors (Lipinski definition) is 0. The smallest absolute Gasteiger partial charge is 0.0996 e. The van der Waals surface area contributed by atoms with Gasteiger partial charge in [0, 0.05) is 17.5 Å². The second kappa shape index (κ2) is 2.78. The fraction of sp³-hybridized carbons (Fsp3) is 0.444. The molecule has 11 heavy (non-hydrogen) atoms. The summed E-state index contributed by atoms with van der Waals surface area (Å²) in [6, 6.07) is 0. The van der Waals surface area contributed by atoms with Crippen molar-refractivity contribution < 1.29 is 0 Å². The van der Waals surface area contributed by atoms with Crippen LogP contribution in [0.2, 0.25) is 0 Å². The average molecular weight is 165 g/mol. The van der Waals surface area contributed by atoms with Crippen molar-refractivity contribution in [2.24, 2.45) is 5.92 Å². The van der Waals surface area contributed by atoms with Gasteiger partial charge in [-0.3, -0.25) is 0 Å². The Hall–Kier alpha value is -0.630. The second-order valence-electron chi connectivity index (χ2n) is 2.97. The third kappa shape index (κ3) is 1.36. The van der Waals surface area contributed by atoms with Gasteiger partial charge in [-0.2, -0.15) is 0 Å². The van der Waals surface area contributed by atoms with Gasteiger partial charge in [0.1, 0.15) is 0 Å². The van der Waals surface area contributed by atoms with Gasteiger partial charge in [-0.05, 0) is 18.8 Å². The Labute approximate surface area is 70.8 Å². The molecule has 1 unspecified atom stereocenters. The minimum Gasteiger partial charge on any atom is -0.249 e. The van der Waals surface area contributed by atoms with Crippen molar-refractivity contribution in [3.05, 3.63) is 29.2 Å². The van der Waals surface area contributed by atoms with Crippen molar-refractivity contribution in [3.8, 4) is 0 Å². The molecule has 2 rings (SSSR count). The molecule has 0 saturated heterocycles. The molecule has 0 amide bonds. The summed E-state index contributed by atoms with van der Waals surface area (Å²) in [6.07, 6.45) is 6.63. The maximum absolute atomic E-state index is 4.30. The highest BCUT2D eigenvalue weighted by Crippen LogP contribution is 2.43. The first kappa shape index (κ1) is 7.04. The van der Waals surface area contributed by atoms with Crippen LogP contribution in [0.5, 0.6) is 0 Å². The van der Waals surface area contributed by atoms with Crippen molar-refractivity contribution in [3.63, 3.8) is 0 Å². The summed E-state index contributed by atoms with van der Waals surface area (Å²) in [5, 5.41) is 3.27. The molecule has 1 aliphatic carbocycles. The molecule has 1 atom stereocenters. The van der Waals surface area contributed by atoms with Crippen LogP contribution in [0, 0.1) is 5.92 Å². The second-order valence-corrected chi connectivity index (χ2v) is 3.90. The zero-order valence-electron chi connectivity index (χ0n) is 6.36. The summed E-state index contributed by atoms with van der Waals surface area (Å²) >= 11 is 1.74. The van der Waals surface area contributed by atoms with Gasteiger partial charge in [-0.25, -0.2) is 4.98 Å². The van der Waals surface area contributed by atoms with Crippen molar-refractivity contribution in [2.45, 2.75) is 18.8 Å². The molecule has 0 aromatic carbocycles. The Kier molecular flexibility index (Phi) is 1.78. The Balaban J connectivity index is 2.17. The molecular formula is C9H11NS. The number of aromatic nitrogens is 1. The first-order valence-electron chi connectivity index (χ1n) is 3.94. The van der Waals surface area contributed by atoms with E-state index in [1.807, 2.05) is 17.7 Å². The van der Waals surface area contributed by atoms with Crippen LogP contribution in [0.15, 0.2) is 24.2 Å². The van der Waals surface area contributed by atoms with Gasteiger partial charge in [0.15, 0.2) is 0 Å². The monoisotopic (exact) mass is 165 g/mol. The zero-order valence-corrected chi connectivity index (χ0v) is 7.18. The first-order valence-corrected chi connectivity index (χ1v) is 4.81. The molecule has 1 aromatic rings. The molecule has 1 nitrogen and oxygen atoms in total. The average Bonchev–Trinajstić information content (AvgIpc) is 2.68. The largest absolute Gasteiger partial charge is 0.249 e. The predicted molar refractivity (Wildman–Crippen MR) is 47.8 cm³/mol. The SMILES string of the molecule is C=CC(c1nccs1)C1CC1. The van der Waals surface area contributed by atoms with E-state index < -0.39 is 0 Å². The van der Waals surface area contributed by atoms with E-state index >= 15 is 0 Å². The number of allylic oxidation sites excluding steroid dienone is 1. The lowest BCUT2D eigenvalue weighted by molar-refractivity contribution is 0.723. The number of thiazole rings is 1. The third-order valence-corrected chi connectivity index (χ3v) is 3.00. The van der Waals surface area contributed by atoms with Crippen LogP contribution in [0.4, 0.5) is 0 Å². The van der Waals surface area contributed by atoms with Crippen LogP contribution in [0.1, 0.15) is 23.8 Å². The van der Waals surface area contributed by atoms with E-state index in [9.17, 15) is 0 Å². The van der Waals surface area contributed by atoms with Gasteiger partial charge < -0.3 is 0 Å². The molecule has 1 aliphatic rings. The normalized spacial score (nSPS) is 19.6. The predicted octanol–water partition coefficient (Wildman–Crippen LogP) is 2.82. The molecule has 0 radical (unpaired) electrons. The fourth-order valence-corrected chi connectivity index (χ4v) is 2.18. The van der Waals surface area contributed by atoms with Crippen LogP contribution >= 0.6 is 11.3 Å². The quantitative estimate of drug-likeness (QED) is 0.628. The van der Waals surface area contributed by atoms with E-state index in [1.54, 1.807) is 11.3 Å². The number of nitrogens with zero attached hydrogens (tertiary/aromatic N) is 1. The lowest BCUT2D eigenvalue weighted by Gasteiger charge is -2.05. The van der Waals surface area contributed by atoms with Crippen molar-refractivity contribution in [2.75, 3.05) is 0 Å². The molecule has 2 heteroatoms. The lowest BCUT2D eigenvalue weighted by atomic mass is 10.1. The Morgan fingerprint density at radius 3 is 3.00 bits per heavy atom. The molecule has 0 spiro atoms. The lowest BCUT2D eigenvalue weighted by Crippen LogP contribution is -1.95. The molecular weight excluding hydrogens is 154 g/mol. The molecule has 0 aliphatic heterocycles. The zero-order chi connectivity index (χ0) is 7.68. The van der Waals surface area contributed by atoms with E-state index in [0.717, 1.165) is 5.92 Å². The summed E-state index contributed by atoms with van der Waals surface area (Å²) in [5.41, 5.74) is 0. The highest BCUT2D eigenvalue weighted by atomic mass is 32.1. The van der Waals surface area contributed by atoms with E-state index in [-0.39, 0.29) is 0 Å². The highest BCUT2D eigenvalue weighted by molar-refractivity contribution is 7.09. The minimum absolute atomic E-state index is 0.537. The topological polar surface area (TPSA) is 12.9 Å². The van der Waals surface area contributed by atoms with E-state index in [2.05, 4.69) is 11.6 Å².